The molecule has 3 nitrogen and oxygen atoms in total. The molecule has 0 saturated heterocycles. The van der Waals surface area contributed by atoms with E-state index in [1.54, 1.807) is 35.5 Å². The second kappa shape index (κ2) is 5.78. The van der Waals surface area contributed by atoms with Gasteiger partial charge in [-0.05, 0) is 19.1 Å². The third-order valence-corrected chi connectivity index (χ3v) is 2.86. The van der Waals surface area contributed by atoms with Gasteiger partial charge in [-0.1, -0.05) is 12.1 Å². The molecule has 5 heteroatoms. The molecule has 18 heavy (non-hydrogen) atoms. The van der Waals surface area contributed by atoms with Crippen molar-refractivity contribution < 1.29 is 4.39 Å². The van der Waals surface area contributed by atoms with E-state index in [1.165, 1.54) is 6.07 Å². The Bertz CT molecular complexity index is 516. The van der Waals surface area contributed by atoms with Gasteiger partial charge in [0.15, 0.2) is 0 Å². The Morgan fingerprint density at radius 2 is 1.89 bits per heavy atom. The van der Waals surface area contributed by atoms with E-state index >= 15 is 0 Å². The number of aromatic nitrogens is 2. The zero-order valence-corrected chi connectivity index (χ0v) is 10.7. The van der Waals surface area contributed by atoms with E-state index in [0.29, 0.717) is 24.1 Å². The van der Waals surface area contributed by atoms with Crippen LogP contribution in [0, 0.1) is 5.82 Å². The molecule has 0 aliphatic carbocycles. The van der Waals surface area contributed by atoms with Gasteiger partial charge in [0.05, 0.1) is 11.6 Å². The normalized spacial score (nSPS) is 10.4. The molecule has 2 rings (SSSR count). The molecule has 2 aromatic rings. The van der Waals surface area contributed by atoms with Crippen molar-refractivity contribution in [3.8, 4) is 0 Å². The summed E-state index contributed by atoms with van der Waals surface area (Å²) in [5, 5.41) is 0. The van der Waals surface area contributed by atoms with E-state index in [-0.39, 0.29) is 5.82 Å². The fraction of sp³-hybridized carbons (Fsp3) is 0.231. The summed E-state index contributed by atoms with van der Waals surface area (Å²) < 4.78 is 13.7. The third kappa shape index (κ3) is 2.59. The van der Waals surface area contributed by atoms with Gasteiger partial charge in [0.25, 0.3) is 0 Å². The molecule has 0 atom stereocenters. The molecule has 1 heterocycles. The third-order valence-electron chi connectivity index (χ3n) is 2.55. The molecular weight excluding hydrogens is 253 g/mol. The number of rotatable bonds is 4. The fourth-order valence-corrected chi connectivity index (χ4v) is 1.78. The Morgan fingerprint density at radius 3 is 2.44 bits per heavy atom. The van der Waals surface area contributed by atoms with Gasteiger partial charge in [0, 0.05) is 24.5 Å². The Morgan fingerprint density at radius 1 is 1.22 bits per heavy atom. The summed E-state index contributed by atoms with van der Waals surface area (Å²) in [7, 11) is 0. The Balaban J connectivity index is 2.36. The van der Waals surface area contributed by atoms with Crippen molar-refractivity contribution in [2.75, 3.05) is 11.4 Å². The van der Waals surface area contributed by atoms with Gasteiger partial charge in [-0.2, -0.15) is 0 Å². The summed E-state index contributed by atoms with van der Waals surface area (Å²) in [6.45, 7) is 2.51. The predicted octanol–water partition coefficient (Wildman–Crippen LogP) is 3.51. The number of benzene rings is 1. The number of anilines is 2. The zero-order valence-electron chi connectivity index (χ0n) is 9.98. The summed E-state index contributed by atoms with van der Waals surface area (Å²) in [5.41, 5.74) is 1.31. The molecule has 0 unspecified atom stereocenters. The van der Waals surface area contributed by atoms with Crippen LogP contribution in [0.2, 0.25) is 0 Å². The monoisotopic (exact) mass is 265 g/mol. The lowest BCUT2D eigenvalue weighted by atomic mass is 10.3. The minimum Gasteiger partial charge on any atom is -0.308 e. The summed E-state index contributed by atoms with van der Waals surface area (Å²) in [6.07, 6.45) is 3.30. The molecule has 0 amide bonds. The van der Waals surface area contributed by atoms with E-state index in [9.17, 15) is 4.39 Å². The maximum atomic E-state index is 13.7. The summed E-state index contributed by atoms with van der Waals surface area (Å²) in [4.78, 5) is 10.1. The van der Waals surface area contributed by atoms with Gasteiger partial charge in [0.1, 0.15) is 5.82 Å². The number of halogens is 2. The molecule has 0 bridgehead atoms. The topological polar surface area (TPSA) is 29.0 Å². The largest absolute Gasteiger partial charge is 0.308 e. The van der Waals surface area contributed by atoms with Crippen LogP contribution in [-0.4, -0.2) is 16.5 Å². The number of para-hydroxylation sites is 1. The Hall–Kier alpha value is -1.68. The van der Waals surface area contributed by atoms with Gasteiger partial charge in [0.2, 0.25) is 5.95 Å². The molecule has 0 radical (unpaired) electrons. The molecule has 94 valence electrons. The van der Waals surface area contributed by atoms with Crippen molar-refractivity contribution in [2.24, 2.45) is 0 Å². The highest BCUT2D eigenvalue weighted by molar-refractivity contribution is 6.17. The van der Waals surface area contributed by atoms with E-state index < -0.39 is 0 Å². The number of hydrogen-bond acceptors (Lipinski definition) is 3. The van der Waals surface area contributed by atoms with Crippen LogP contribution >= 0.6 is 11.6 Å². The highest BCUT2D eigenvalue weighted by Gasteiger charge is 2.13. The average molecular weight is 266 g/mol. The van der Waals surface area contributed by atoms with Crippen molar-refractivity contribution in [3.63, 3.8) is 0 Å². The SMILES string of the molecule is CCN(c1ncc(CCl)cn1)c1ccccc1F. The van der Waals surface area contributed by atoms with E-state index in [2.05, 4.69) is 9.97 Å². The molecule has 1 aromatic carbocycles. The lowest BCUT2D eigenvalue weighted by molar-refractivity contribution is 0.624. The molecule has 0 aliphatic rings. The van der Waals surface area contributed by atoms with Crippen LogP contribution in [0.25, 0.3) is 0 Å². The highest BCUT2D eigenvalue weighted by atomic mass is 35.5. The van der Waals surface area contributed by atoms with Crippen LogP contribution in [0.1, 0.15) is 12.5 Å². The average Bonchev–Trinajstić information content (AvgIpc) is 2.42. The second-order valence-electron chi connectivity index (χ2n) is 3.72. The number of nitrogens with zero attached hydrogens (tertiary/aromatic N) is 3. The molecule has 0 spiro atoms. The van der Waals surface area contributed by atoms with E-state index in [1.807, 2.05) is 6.92 Å². The first-order valence-corrected chi connectivity index (χ1v) is 6.18. The van der Waals surface area contributed by atoms with Crippen molar-refractivity contribution in [1.29, 1.82) is 0 Å². The van der Waals surface area contributed by atoms with Crippen molar-refractivity contribution >= 4 is 23.2 Å². The summed E-state index contributed by atoms with van der Waals surface area (Å²) >= 11 is 5.68. The number of alkyl halides is 1. The maximum absolute atomic E-state index is 13.7. The lowest BCUT2D eigenvalue weighted by Gasteiger charge is -2.21. The van der Waals surface area contributed by atoms with Crippen LogP contribution in [0.5, 0.6) is 0 Å². The molecule has 0 fully saturated rings. The smallest absolute Gasteiger partial charge is 0.229 e. The molecular formula is C13H13ClFN3. The number of hydrogen-bond donors (Lipinski definition) is 0. The van der Waals surface area contributed by atoms with Crippen LogP contribution in [0.15, 0.2) is 36.7 Å². The predicted molar refractivity (Wildman–Crippen MR) is 70.7 cm³/mol. The molecule has 0 aliphatic heterocycles. The van der Waals surface area contributed by atoms with Crippen LogP contribution in [-0.2, 0) is 5.88 Å². The fourth-order valence-electron chi connectivity index (χ4n) is 1.65. The van der Waals surface area contributed by atoms with Crippen molar-refractivity contribution in [1.82, 2.24) is 9.97 Å². The summed E-state index contributed by atoms with van der Waals surface area (Å²) in [6, 6.07) is 6.57. The molecule has 1 aromatic heterocycles. The molecule has 0 saturated carbocycles. The van der Waals surface area contributed by atoms with Gasteiger partial charge in [-0.3, -0.25) is 0 Å². The first kappa shape index (κ1) is 12.8. The van der Waals surface area contributed by atoms with Crippen LogP contribution < -0.4 is 4.90 Å². The first-order chi connectivity index (χ1) is 8.76. The van der Waals surface area contributed by atoms with E-state index in [4.69, 9.17) is 11.6 Å². The lowest BCUT2D eigenvalue weighted by Crippen LogP contribution is -2.19. The highest BCUT2D eigenvalue weighted by Crippen LogP contribution is 2.24. The Labute approximate surface area is 110 Å². The first-order valence-electron chi connectivity index (χ1n) is 5.65. The van der Waals surface area contributed by atoms with Crippen molar-refractivity contribution in [2.45, 2.75) is 12.8 Å². The van der Waals surface area contributed by atoms with Crippen LogP contribution in [0.3, 0.4) is 0 Å². The quantitative estimate of drug-likeness (QED) is 0.792. The molecule has 0 N–H and O–H groups in total. The zero-order chi connectivity index (χ0) is 13.0. The van der Waals surface area contributed by atoms with Gasteiger partial charge in [-0.15, -0.1) is 11.6 Å². The van der Waals surface area contributed by atoms with Crippen molar-refractivity contribution in [3.05, 3.63) is 48.0 Å². The summed E-state index contributed by atoms with van der Waals surface area (Å²) in [5.74, 6) is 0.548. The second-order valence-corrected chi connectivity index (χ2v) is 3.99. The van der Waals surface area contributed by atoms with Gasteiger partial charge >= 0.3 is 0 Å². The standard InChI is InChI=1S/C13H13ClFN3/c1-2-18(12-6-4-3-5-11(12)15)13-16-8-10(7-14)9-17-13/h3-6,8-9H,2,7H2,1H3. The minimum absolute atomic E-state index is 0.288. The van der Waals surface area contributed by atoms with E-state index in [0.717, 1.165) is 5.56 Å². The Kier molecular flexibility index (Phi) is 4.10. The minimum atomic E-state index is -0.288. The van der Waals surface area contributed by atoms with Gasteiger partial charge < -0.3 is 4.90 Å². The van der Waals surface area contributed by atoms with Gasteiger partial charge in [-0.25, -0.2) is 14.4 Å². The van der Waals surface area contributed by atoms with Crippen LogP contribution in [0.4, 0.5) is 16.0 Å². The maximum Gasteiger partial charge on any atom is 0.229 e.